The summed E-state index contributed by atoms with van der Waals surface area (Å²) < 4.78 is 1.94. The van der Waals surface area contributed by atoms with Crippen LogP contribution in [0, 0.1) is 5.92 Å². The molecule has 1 aromatic rings. The van der Waals surface area contributed by atoms with Crippen LogP contribution in [-0.2, 0) is 6.54 Å². The van der Waals surface area contributed by atoms with Crippen LogP contribution in [-0.4, -0.2) is 15.0 Å². The summed E-state index contributed by atoms with van der Waals surface area (Å²) in [6.07, 6.45) is 4.26. The Kier molecular flexibility index (Phi) is 4.58. The average Bonchev–Trinajstić information content (AvgIpc) is 2.65. The van der Waals surface area contributed by atoms with E-state index in [0.29, 0.717) is 10.7 Å². The molecule has 80 valence electrons. The van der Waals surface area contributed by atoms with E-state index < -0.39 is 0 Å². The molecule has 0 fully saturated rings. The van der Waals surface area contributed by atoms with Crippen molar-refractivity contribution in [2.45, 2.75) is 45.0 Å². The van der Waals surface area contributed by atoms with Crippen LogP contribution in [0.5, 0.6) is 0 Å². The van der Waals surface area contributed by atoms with Crippen molar-refractivity contribution in [1.29, 1.82) is 0 Å². The minimum Gasteiger partial charge on any atom is -0.252 e. The summed E-state index contributed by atoms with van der Waals surface area (Å²) in [6.45, 7) is 7.52. The van der Waals surface area contributed by atoms with Gasteiger partial charge in [0, 0.05) is 12.7 Å². The smallest absolute Gasteiger partial charge is 0.0963 e. The van der Waals surface area contributed by atoms with E-state index in [9.17, 15) is 0 Å². The van der Waals surface area contributed by atoms with Crippen molar-refractivity contribution in [2.75, 3.05) is 0 Å². The van der Waals surface area contributed by atoms with Gasteiger partial charge in [0.05, 0.1) is 10.5 Å². The Hall–Kier alpha value is -0.380. The topological polar surface area (TPSA) is 30.7 Å². The van der Waals surface area contributed by atoms with Gasteiger partial charge in [0.25, 0.3) is 0 Å². The van der Waals surface area contributed by atoms with Gasteiger partial charge in [-0.05, 0) is 12.3 Å². The molecular weight excluding hydrogens is 242 g/mol. The van der Waals surface area contributed by atoms with Crippen molar-refractivity contribution in [3.8, 4) is 0 Å². The van der Waals surface area contributed by atoms with E-state index in [1.165, 1.54) is 6.42 Å². The first-order valence-corrected chi connectivity index (χ1v) is 6.13. The van der Waals surface area contributed by atoms with Gasteiger partial charge >= 0.3 is 0 Å². The molecule has 0 saturated heterocycles. The lowest BCUT2D eigenvalue weighted by Gasteiger charge is -2.06. The molecule has 0 aliphatic carbocycles. The van der Waals surface area contributed by atoms with Crippen LogP contribution in [0.4, 0.5) is 0 Å². The van der Waals surface area contributed by atoms with Crippen LogP contribution in [0.3, 0.4) is 0 Å². The van der Waals surface area contributed by atoms with Gasteiger partial charge in [-0.3, -0.25) is 4.68 Å². The van der Waals surface area contributed by atoms with E-state index in [2.05, 4.69) is 47.0 Å². The van der Waals surface area contributed by atoms with E-state index in [1.54, 1.807) is 0 Å². The van der Waals surface area contributed by atoms with Crippen molar-refractivity contribution < 1.29 is 0 Å². The minimum absolute atomic E-state index is 0.341. The van der Waals surface area contributed by atoms with Crippen molar-refractivity contribution in [3.63, 3.8) is 0 Å². The van der Waals surface area contributed by atoms with E-state index in [-0.39, 0.29) is 0 Å². The molecule has 2 atom stereocenters. The molecule has 0 radical (unpaired) electrons. The van der Waals surface area contributed by atoms with Crippen molar-refractivity contribution >= 4 is 15.9 Å². The Morgan fingerprint density at radius 3 is 2.71 bits per heavy atom. The zero-order valence-electron chi connectivity index (χ0n) is 9.07. The van der Waals surface area contributed by atoms with Gasteiger partial charge in [-0.25, -0.2) is 0 Å². The third-order valence-electron chi connectivity index (χ3n) is 2.43. The van der Waals surface area contributed by atoms with Crippen molar-refractivity contribution in [2.24, 2.45) is 5.92 Å². The molecule has 0 saturated carbocycles. The fourth-order valence-corrected chi connectivity index (χ4v) is 1.41. The lowest BCUT2D eigenvalue weighted by molar-refractivity contribution is 0.431. The Morgan fingerprint density at radius 2 is 2.14 bits per heavy atom. The maximum atomic E-state index is 4.14. The largest absolute Gasteiger partial charge is 0.252 e. The molecule has 0 aromatic carbocycles. The lowest BCUT2D eigenvalue weighted by atomic mass is 10.1. The van der Waals surface area contributed by atoms with Gasteiger partial charge in [0.1, 0.15) is 0 Å². The van der Waals surface area contributed by atoms with E-state index in [0.717, 1.165) is 18.7 Å². The molecule has 0 amide bonds. The molecule has 4 heteroatoms. The first-order valence-electron chi connectivity index (χ1n) is 5.21. The molecule has 0 aliphatic rings. The molecule has 1 rings (SSSR count). The van der Waals surface area contributed by atoms with Gasteiger partial charge in [0.15, 0.2) is 0 Å². The summed E-state index contributed by atoms with van der Waals surface area (Å²) >= 11 is 3.57. The van der Waals surface area contributed by atoms with Crippen LogP contribution >= 0.6 is 15.9 Å². The van der Waals surface area contributed by atoms with Gasteiger partial charge in [-0.15, -0.1) is 5.10 Å². The summed E-state index contributed by atoms with van der Waals surface area (Å²) in [5, 5.41) is 8.25. The fraction of sp³-hybridized carbons (Fsp3) is 0.800. The maximum Gasteiger partial charge on any atom is 0.0963 e. The third-order valence-corrected chi connectivity index (χ3v) is 3.55. The monoisotopic (exact) mass is 259 g/mol. The Morgan fingerprint density at radius 1 is 1.43 bits per heavy atom. The summed E-state index contributed by atoms with van der Waals surface area (Å²) in [7, 11) is 0. The number of alkyl halides is 1. The number of aromatic nitrogens is 3. The SMILES string of the molecule is CCC(C)Cn1cc(C(Br)CC)nn1. The summed E-state index contributed by atoms with van der Waals surface area (Å²) in [4.78, 5) is 0.341. The predicted molar refractivity (Wildman–Crippen MR) is 61.4 cm³/mol. The first kappa shape index (κ1) is 11.7. The van der Waals surface area contributed by atoms with Crippen LogP contribution in [0.2, 0.25) is 0 Å². The Labute approximate surface area is 94.0 Å². The van der Waals surface area contributed by atoms with Gasteiger partial charge in [-0.1, -0.05) is 48.3 Å². The molecular formula is C10H18BrN3. The highest BCUT2D eigenvalue weighted by atomic mass is 79.9. The highest BCUT2D eigenvalue weighted by Crippen LogP contribution is 2.23. The first-order chi connectivity index (χ1) is 6.67. The zero-order valence-corrected chi connectivity index (χ0v) is 10.7. The van der Waals surface area contributed by atoms with Gasteiger partial charge < -0.3 is 0 Å². The number of nitrogens with zero attached hydrogens (tertiary/aromatic N) is 3. The van der Waals surface area contributed by atoms with Crippen LogP contribution in [0.25, 0.3) is 0 Å². The average molecular weight is 260 g/mol. The number of rotatable bonds is 5. The molecule has 0 spiro atoms. The van der Waals surface area contributed by atoms with Crippen molar-refractivity contribution in [3.05, 3.63) is 11.9 Å². The molecule has 1 aromatic heterocycles. The minimum atomic E-state index is 0.341. The standard InChI is InChI=1S/C10H18BrN3/c1-4-8(3)6-14-7-10(12-13-14)9(11)5-2/h7-9H,4-6H2,1-3H3. The highest BCUT2D eigenvalue weighted by molar-refractivity contribution is 9.09. The normalized spacial score (nSPS) is 15.4. The summed E-state index contributed by atoms with van der Waals surface area (Å²) in [5.74, 6) is 0.667. The molecule has 0 N–H and O–H groups in total. The van der Waals surface area contributed by atoms with Crippen molar-refractivity contribution in [1.82, 2.24) is 15.0 Å². The maximum absolute atomic E-state index is 4.14. The molecule has 0 aliphatic heterocycles. The van der Waals surface area contributed by atoms with E-state index in [1.807, 2.05) is 10.9 Å². The van der Waals surface area contributed by atoms with Crippen LogP contribution < -0.4 is 0 Å². The van der Waals surface area contributed by atoms with E-state index in [4.69, 9.17) is 0 Å². The highest BCUT2D eigenvalue weighted by Gasteiger charge is 2.10. The van der Waals surface area contributed by atoms with Gasteiger partial charge in [0.2, 0.25) is 0 Å². The summed E-state index contributed by atoms with van der Waals surface area (Å²) in [5.41, 5.74) is 1.04. The zero-order chi connectivity index (χ0) is 10.6. The van der Waals surface area contributed by atoms with Crippen LogP contribution in [0.15, 0.2) is 6.20 Å². The predicted octanol–water partition coefficient (Wildman–Crippen LogP) is 3.17. The molecule has 14 heavy (non-hydrogen) atoms. The second-order valence-corrected chi connectivity index (χ2v) is 4.86. The Bertz CT molecular complexity index is 272. The number of hydrogen-bond donors (Lipinski definition) is 0. The Balaban J connectivity index is 2.59. The number of halogens is 1. The third kappa shape index (κ3) is 3.08. The van der Waals surface area contributed by atoms with Gasteiger partial charge in [-0.2, -0.15) is 0 Å². The summed E-state index contributed by atoms with van der Waals surface area (Å²) in [6, 6.07) is 0. The second kappa shape index (κ2) is 5.49. The number of hydrogen-bond acceptors (Lipinski definition) is 2. The lowest BCUT2D eigenvalue weighted by Crippen LogP contribution is -2.07. The van der Waals surface area contributed by atoms with Crippen LogP contribution in [0.1, 0.15) is 44.1 Å². The van der Waals surface area contributed by atoms with E-state index >= 15 is 0 Å². The quantitative estimate of drug-likeness (QED) is 0.761. The molecule has 3 nitrogen and oxygen atoms in total. The molecule has 2 unspecified atom stereocenters. The molecule has 1 heterocycles. The fourth-order valence-electron chi connectivity index (χ4n) is 1.20. The molecule has 0 bridgehead atoms. The second-order valence-electron chi connectivity index (χ2n) is 3.75.